The molecule has 154 valence electrons. The summed E-state index contributed by atoms with van der Waals surface area (Å²) in [5.41, 5.74) is 1.96. The fourth-order valence-electron chi connectivity index (χ4n) is 3.90. The van der Waals surface area contributed by atoms with Gasteiger partial charge in [0, 0.05) is 31.1 Å². The molecule has 8 nitrogen and oxygen atoms in total. The Morgan fingerprint density at radius 1 is 1.17 bits per heavy atom. The average molecular weight is 405 g/mol. The highest BCUT2D eigenvalue weighted by molar-refractivity contribution is 5.74. The molecule has 5 rings (SSSR count). The Morgan fingerprint density at radius 3 is 2.93 bits per heavy atom. The number of rotatable bonds is 4. The van der Waals surface area contributed by atoms with Crippen molar-refractivity contribution in [2.45, 2.75) is 25.3 Å². The molecule has 1 fully saturated rings. The zero-order valence-corrected chi connectivity index (χ0v) is 16.5. The summed E-state index contributed by atoms with van der Waals surface area (Å²) in [7, 11) is 0. The summed E-state index contributed by atoms with van der Waals surface area (Å²) in [5, 5.41) is 10.4. The quantitative estimate of drug-likeness (QED) is 0.695. The van der Waals surface area contributed by atoms with Crippen LogP contribution in [0.3, 0.4) is 0 Å². The monoisotopic (exact) mass is 405 g/mol. The molecule has 2 aromatic carbocycles. The molecule has 30 heavy (non-hydrogen) atoms. The maximum Gasteiger partial charge on any atom is 0.317 e. The van der Waals surface area contributed by atoms with Crippen LogP contribution in [-0.2, 0) is 6.54 Å². The molecule has 1 saturated heterocycles. The van der Waals surface area contributed by atoms with Crippen LogP contribution < -0.4 is 14.8 Å². The molecule has 0 aliphatic carbocycles. The number of fused-ring (bicyclic) bond motifs is 1. The number of hydrogen-bond acceptors (Lipinski definition) is 5. The summed E-state index contributed by atoms with van der Waals surface area (Å²) in [6.45, 7) is 2.05. The zero-order valence-electron chi connectivity index (χ0n) is 16.5. The molecule has 0 saturated carbocycles. The Hall–Kier alpha value is -3.55. The Morgan fingerprint density at radius 2 is 2.03 bits per heavy atom. The topological polar surface area (TPSA) is 92.4 Å². The van der Waals surface area contributed by atoms with Crippen LogP contribution >= 0.6 is 0 Å². The summed E-state index contributed by atoms with van der Waals surface area (Å²) in [5.74, 6) is 3.14. The first-order valence-corrected chi connectivity index (χ1v) is 10.2. The Kier molecular flexibility index (Phi) is 4.96. The number of aromatic nitrogens is 3. The highest BCUT2D eigenvalue weighted by Gasteiger charge is 2.27. The van der Waals surface area contributed by atoms with Gasteiger partial charge < -0.3 is 19.7 Å². The van der Waals surface area contributed by atoms with Crippen LogP contribution in [0, 0.1) is 0 Å². The lowest BCUT2D eigenvalue weighted by Crippen LogP contribution is -2.44. The number of hydrogen-bond donors (Lipinski definition) is 2. The van der Waals surface area contributed by atoms with Crippen LogP contribution in [0.15, 0.2) is 48.5 Å². The fraction of sp³-hybridized carbons (Fsp3) is 0.318. The van der Waals surface area contributed by atoms with Crippen molar-refractivity contribution in [1.29, 1.82) is 0 Å². The number of nitrogens with zero attached hydrogens (tertiary/aromatic N) is 3. The third kappa shape index (κ3) is 3.80. The summed E-state index contributed by atoms with van der Waals surface area (Å²) in [6.07, 6.45) is 1.92. The van der Waals surface area contributed by atoms with Gasteiger partial charge in [-0.2, -0.15) is 5.10 Å². The van der Waals surface area contributed by atoms with Gasteiger partial charge in [0.2, 0.25) is 6.79 Å². The SMILES string of the molecule is O=C(NCc1ccc2c(c1)OCO2)N1CCC[C@@H](c2nc(-c3ccccc3)n[nH]2)C1. The maximum atomic E-state index is 12.7. The van der Waals surface area contributed by atoms with E-state index in [1.165, 1.54) is 0 Å². The molecule has 3 heterocycles. The number of piperidine rings is 1. The minimum Gasteiger partial charge on any atom is -0.454 e. The number of likely N-dealkylation sites (tertiary alicyclic amines) is 1. The molecule has 2 N–H and O–H groups in total. The lowest BCUT2D eigenvalue weighted by Gasteiger charge is -2.31. The largest absolute Gasteiger partial charge is 0.454 e. The van der Waals surface area contributed by atoms with Crippen molar-refractivity contribution in [2.75, 3.05) is 19.9 Å². The number of urea groups is 1. The molecular formula is C22H23N5O3. The maximum absolute atomic E-state index is 12.7. The van der Waals surface area contributed by atoms with Gasteiger partial charge in [0.1, 0.15) is 5.82 Å². The first-order valence-electron chi connectivity index (χ1n) is 10.2. The molecule has 0 unspecified atom stereocenters. The Balaban J connectivity index is 1.20. The normalized spacial score (nSPS) is 17.7. The number of benzene rings is 2. The molecule has 2 amide bonds. The van der Waals surface area contributed by atoms with Crippen molar-refractivity contribution >= 4 is 6.03 Å². The number of ether oxygens (including phenoxy) is 2. The van der Waals surface area contributed by atoms with Crippen LogP contribution in [-0.4, -0.2) is 46.0 Å². The molecule has 0 radical (unpaired) electrons. The van der Waals surface area contributed by atoms with Gasteiger partial charge in [-0.05, 0) is 30.5 Å². The van der Waals surface area contributed by atoms with Crippen molar-refractivity contribution in [3.05, 3.63) is 59.9 Å². The highest BCUT2D eigenvalue weighted by atomic mass is 16.7. The molecule has 0 spiro atoms. The number of carbonyl (C=O) groups excluding carboxylic acids is 1. The Bertz CT molecular complexity index is 1040. The number of carbonyl (C=O) groups is 1. The van der Waals surface area contributed by atoms with Crippen LogP contribution in [0.5, 0.6) is 11.5 Å². The smallest absolute Gasteiger partial charge is 0.317 e. The van der Waals surface area contributed by atoms with E-state index < -0.39 is 0 Å². The predicted molar refractivity (Wildman–Crippen MR) is 110 cm³/mol. The summed E-state index contributed by atoms with van der Waals surface area (Å²) >= 11 is 0. The van der Waals surface area contributed by atoms with Crippen LogP contribution in [0.2, 0.25) is 0 Å². The van der Waals surface area contributed by atoms with E-state index in [2.05, 4.69) is 20.5 Å². The molecule has 3 aromatic rings. The van der Waals surface area contributed by atoms with Crippen LogP contribution in [0.4, 0.5) is 4.79 Å². The average Bonchev–Trinajstić information content (AvgIpc) is 3.47. The molecule has 1 aromatic heterocycles. The molecule has 0 bridgehead atoms. The third-order valence-corrected chi connectivity index (χ3v) is 5.51. The minimum atomic E-state index is -0.0693. The van der Waals surface area contributed by atoms with E-state index in [0.717, 1.165) is 47.8 Å². The molecule has 8 heteroatoms. The first kappa shape index (κ1) is 18.5. The van der Waals surface area contributed by atoms with Crippen LogP contribution in [0.1, 0.15) is 30.1 Å². The van der Waals surface area contributed by atoms with Gasteiger partial charge >= 0.3 is 6.03 Å². The van der Waals surface area contributed by atoms with E-state index in [-0.39, 0.29) is 18.7 Å². The van der Waals surface area contributed by atoms with Crippen molar-refractivity contribution in [3.8, 4) is 22.9 Å². The summed E-state index contributed by atoms with van der Waals surface area (Å²) in [4.78, 5) is 19.2. The van der Waals surface area contributed by atoms with Gasteiger partial charge in [0.05, 0.1) is 0 Å². The standard InChI is InChI=1S/C22H23N5O3/c28-22(23-12-15-8-9-18-19(11-15)30-14-29-18)27-10-4-7-17(13-27)21-24-20(25-26-21)16-5-2-1-3-6-16/h1-3,5-6,8-9,11,17H,4,7,10,12-14H2,(H,23,28)(H,24,25,26)/t17-/m1/s1. The number of nitrogens with one attached hydrogen (secondary N) is 2. The van der Waals surface area contributed by atoms with Gasteiger partial charge in [-0.15, -0.1) is 0 Å². The molecule has 2 aliphatic heterocycles. The second kappa shape index (κ2) is 8.06. The lowest BCUT2D eigenvalue weighted by atomic mass is 9.97. The van der Waals surface area contributed by atoms with Gasteiger partial charge in [-0.25, -0.2) is 9.78 Å². The number of aromatic amines is 1. The van der Waals surface area contributed by atoms with Gasteiger partial charge in [0.25, 0.3) is 0 Å². The fourth-order valence-corrected chi connectivity index (χ4v) is 3.90. The van der Waals surface area contributed by atoms with Gasteiger partial charge in [-0.3, -0.25) is 5.10 Å². The van der Waals surface area contributed by atoms with E-state index >= 15 is 0 Å². The zero-order chi connectivity index (χ0) is 20.3. The van der Waals surface area contributed by atoms with Crippen molar-refractivity contribution in [3.63, 3.8) is 0 Å². The first-order chi connectivity index (χ1) is 14.8. The highest BCUT2D eigenvalue weighted by Crippen LogP contribution is 2.32. The lowest BCUT2D eigenvalue weighted by molar-refractivity contribution is 0.173. The molecule has 2 aliphatic rings. The predicted octanol–water partition coefficient (Wildman–Crippen LogP) is 3.29. The Labute approximate surface area is 174 Å². The minimum absolute atomic E-state index is 0.0693. The van der Waals surface area contributed by atoms with Crippen molar-refractivity contribution in [2.24, 2.45) is 0 Å². The molecule has 1 atom stereocenters. The summed E-state index contributed by atoms with van der Waals surface area (Å²) in [6, 6.07) is 15.5. The van der Waals surface area contributed by atoms with E-state index in [1.54, 1.807) is 0 Å². The van der Waals surface area contributed by atoms with Crippen LogP contribution in [0.25, 0.3) is 11.4 Å². The van der Waals surface area contributed by atoms with E-state index in [9.17, 15) is 4.79 Å². The molecular weight excluding hydrogens is 382 g/mol. The second-order valence-corrected chi connectivity index (χ2v) is 7.54. The number of H-pyrrole nitrogens is 1. The number of amides is 2. The second-order valence-electron chi connectivity index (χ2n) is 7.54. The van der Waals surface area contributed by atoms with Crippen molar-refractivity contribution in [1.82, 2.24) is 25.4 Å². The van der Waals surface area contributed by atoms with E-state index in [1.807, 2.05) is 53.4 Å². The third-order valence-electron chi connectivity index (χ3n) is 5.51. The van der Waals surface area contributed by atoms with E-state index in [4.69, 9.17) is 9.47 Å². The van der Waals surface area contributed by atoms with Crippen molar-refractivity contribution < 1.29 is 14.3 Å². The van der Waals surface area contributed by atoms with Gasteiger partial charge in [0.15, 0.2) is 17.3 Å². The summed E-state index contributed by atoms with van der Waals surface area (Å²) < 4.78 is 10.7. The van der Waals surface area contributed by atoms with Gasteiger partial charge in [-0.1, -0.05) is 36.4 Å². The van der Waals surface area contributed by atoms with E-state index in [0.29, 0.717) is 18.9 Å².